The van der Waals surface area contributed by atoms with Gasteiger partial charge in [-0.05, 0) is 18.6 Å². The van der Waals surface area contributed by atoms with Crippen LogP contribution in [0.2, 0.25) is 0 Å². The van der Waals surface area contributed by atoms with Crippen LogP contribution in [-0.2, 0) is 16.0 Å². The van der Waals surface area contributed by atoms with Crippen LogP contribution in [0.25, 0.3) is 0 Å². The summed E-state index contributed by atoms with van der Waals surface area (Å²) in [6.45, 7) is 1.45. The molecule has 0 saturated carbocycles. The molecule has 0 aliphatic rings. The van der Waals surface area contributed by atoms with E-state index in [1.165, 1.54) is 6.92 Å². The molecule has 3 amide bonds. The predicted octanol–water partition coefficient (Wildman–Crippen LogP) is 0.309. The molecule has 0 spiro atoms. The quantitative estimate of drug-likeness (QED) is 0.612. The summed E-state index contributed by atoms with van der Waals surface area (Å²) in [5.41, 5.74) is 5.86. The maximum Gasteiger partial charge on any atom is 0.319 e. The maximum absolute atomic E-state index is 11.6. The molecule has 1 unspecified atom stereocenters. The normalized spacial score (nSPS) is 11.4. The molecule has 1 aromatic rings. The van der Waals surface area contributed by atoms with Gasteiger partial charge in [-0.25, -0.2) is 4.79 Å². The first-order chi connectivity index (χ1) is 8.90. The Bertz CT molecular complexity index is 502. The van der Waals surface area contributed by atoms with E-state index < -0.39 is 23.9 Å². The van der Waals surface area contributed by atoms with Gasteiger partial charge in [0.2, 0.25) is 5.91 Å². The molecule has 19 heavy (non-hydrogen) atoms. The van der Waals surface area contributed by atoms with Crippen molar-refractivity contribution in [2.24, 2.45) is 5.73 Å². The number of nitrogens with two attached hydrogens (primary N) is 1. The number of urea groups is 1. The summed E-state index contributed by atoms with van der Waals surface area (Å²) < 4.78 is 0. The Kier molecular flexibility index (Phi) is 4.87. The predicted molar refractivity (Wildman–Crippen MR) is 68.6 cm³/mol. The van der Waals surface area contributed by atoms with Gasteiger partial charge in [0.1, 0.15) is 6.04 Å². The number of amides is 3. The molecule has 0 bridgehead atoms. The first-order valence-corrected chi connectivity index (χ1v) is 5.56. The van der Waals surface area contributed by atoms with Crippen LogP contribution in [0.3, 0.4) is 0 Å². The van der Waals surface area contributed by atoms with Crippen LogP contribution in [0.5, 0.6) is 0 Å². The van der Waals surface area contributed by atoms with E-state index in [0.717, 1.165) is 0 Å². The largest absolute Gasteiger partial charge is 0.481 e. The third-order valence-electron chi connectivity index (χ3n) is 2.38. The topological polar surface area (TPSA) is 122 Å². The third-order valence-corrected chi connectivity index (χ3v) is 2.38. The number of para-hydroxylation sites is 1. The van der Waals surface area contributed by atoms with Gasteiger partial charge in [0.25, 0.3) is 0 Å². The lowest BCUT2D eigenvalue weighted by Crippen LogP contribution is -2.44. The van der Waals surface area contributed by atoms with Gasteiger partial charge < -0.3 is 21.5 Å². The average Bonchev–Trinajstić information content (AvgIpc) is 2.30. The van der Waals surface area contributed by atoms with Crippen molar-refractivity contribution in [1.29, 1.82) is 0 Å². The van der Waals surface area contributed by atoms with Crippen molar-refractivity contribution in [2.45, 2.75) is 19.4 Å². The van der Waals surface area contributed by atoms with Crippen molar-refractivity contribution in [3.63, 3.8) is 0 Å². The number of rotatable bonds is 5. The van der Waals surface area contributed by atoms with E-state index in [9.17, 15) is 14.4 Å². The molecule has 102 valence electrons. The van der Waals surface area contributed by atoms with Crippen LogP contribution in [0.4, 0.5) is 10.5 Å². The van der Waals surface area contributed by atoms with Crippen LogP contribution < -0.4 is 16.4 Å². The van der Waals surface area contributed by atoms with Gasteiger partial charge in [0, 0.05) is 5.69 Å². The SMILES string of the molecule is CC(NC(=O)Nc1ccccc1CC(=O)O)C(N)=O. The lowest BCUT2D eigenvalue weighted by atomic mass is 10.1. The summed E-state index contributed by atoms with van der Waals surface area (Å²) in [7, 11) is 0. The number of primary amides is 1. The van der Waals surface area contributed by atoms with Crippen molar-refractivity contribution in [3.05, 3.63) is 29.8 Å². The molecule has 1 rings (SSSR count). The van der Waals surface area contributed by atoms with Crippen LogP contribution in [0.1, 0.15) is 12.5 Å². The molecule has 0 aliphatic heterocycles. The van der Waals surface area contributed by atoms with Crippen LogP contribution in [0, 0.1) is 0 Å². The standard InChI is InChI=1S/C12H15N3O4/c1-7(11(13)18)14-12(19)15-9-5-3-2-4-8(9)6-10(16)17/h2-5,7H,6H2,1H3,(H2,13,18)(H,16,17)(H2,14,15,19). The Morgan fingerprint density at radius 1 is 1.32 bits per heavy atom. The molecule has 0 aliphatic carbocycles. The van der Waals surface area contributed by atoms with Gasteiger partial charge in [0.15, 0.2) is 0 Å². The van der Waals surface area contributed by atoms with E-state index in [1.54, 1.807) is 24.3 Å². The van der Waals surface area contributed by atoms with Crippen molar-refractivity contribution >= 4 is 23.6 Å². The zero-order chi connectivity index (χ0) is 14.4. The van der Waals surface area contributed by atoms with E-state index in [2.05, 4.69) is 10.6 Å². The molecule has 0 radical (unpaired) electrons. The van der Waals surface area contributed by atoms with E-state index in [1.807, 2.05) is 0 Å². The lowest BCUT2D eigenvalue weighted by molar-refractivity contribution is -0.136. The summed E-state index contributed by atoms with van der Waals surface area (Å²) in [5.74, 6) is -1.66. The van der Waals surface area contributed by atoms with Gasteiger partial charge in [-0.3, -0.25) is 9.59 Å². The smallest absolute Gasteiger partial charge is 0.319 e. The van der Waals surface area contributed by atoms with Crippen molar-refractivity contribution in [3.8, 4) is 0 Å². The number of anilines is 1. The van der Waals surface area contributed by atoms with Gasteiger partial charge in [-0.2, -0.15) is 0 Å². The number of nitrogens with one attached hydrogen (secondary N) is 2. The third kappa shape index (κ3) is 4.66. The molecular formula is C12H15N3O4. The van der Waals surface area contributed by atoms with Crippen LogP contribution in [0.15, 0.2) is 24.3 Å². The van der Waals surface area contributed by atoms with Crippen molar-refractivity contribution in [2.75, 3.05) is 5.32 Å². The summed E-state index contributed by atoms with van der Waals surface area (Å²) in [4.78, 5) is 33.1. The molecule has 7 nitrogen and oxygen atoms in total. The second kappa shape index (κ2) is 6.39. The summed E-state index contributed by atoms with van der Waals surface area (Å²) in [6.07, 6.45) is -0.207. The summed E-state index contributed by atoms with van der Waals surface area (Å²) in [6, 6.07) is 5.08. The van der Waals surface area contributed by atoms with E-state index in [0.29, 0.717) is 11.3 Å². The highest BCUT2D eigenvalue weighted by Crippen LogP contribution is 2.15. The first-order valence-electron chi connectivity index (χ1n) is 5.56. The van der Waals surface area contributed by atoms with Crippen LogP contribution in [-0.4, -0.2) is 29.1 Å². The maximum atomic E-state index is 11.6. The van der Waals surface area contributed by atoms with Gasteiger partial charge in [-0.1, -0.05) is 18.2 Å². The van der Waals surface area contributed by atoms with E-state index in [-0.39, 0.29) is 6.42 Å². The Morgan fingerprint density at radius 3 is 2.53 bits per heavy atom. The fraction of sp³-hybridized carbons (Fsp3) is 0.250. The second-order valence-electron chi connectivity index (χ2n) is 3.95. The summed E-state index contributed by atoms with van der Waals surface area (Å²) in [5, 5.41) is 13.6. The molecule has 5 N–H and O–H groups in total. The van der Waals surface area contributed by atoms with Crippen molar-refractivity contribution in [1.82, 2.24) is 5.32 Å². The molecule has 0 heterocycles. The first kappa shape index (κ1) is 14.5. The molecule has 1 atom stereocenters. The zero-order valence-corrected chi connectivity index (χ0v) is 10.3. The number of carbonyl (C=O) groups is 3. The van der Waals surface area contributed by atoms with E-state index >= 15 is 0 Å². The van der Waals surface area contributed by atoms with Crippen LogP contribution >= 0.6 is 0 Å². The Hall–Kier alpha value is -2.57. The molecule has 0 fully saturated rings. The number of aliphatic carboxylic acids is 1. The number of carboxylic acid groups (broad SMARTS) is 1. The monoisotopic (exact) mass is 265 g/mol. The number of benzene rings is 1. The zero-order valence-electron chi connectivity index (χ0n) is 10.3. The Balaban J connectivity index is 2.73. The summed E-state index contributed by atoms with van der Waals surface area (Å²) >= 11 is 0. The minimum atomic E-state index is -1.000. The fourth-order valence-corrected chi connectivity index (χ4v) is 1.39. The minimum Gasteiger partial charge on any atom is -0.481 e. The molecule has 0 aromatic heterocycles. The van der Waals surface area contributed by atoms with Gasteiger partial charge in [-0.15, -0.1) is 0 Å². The fourth-order valence-electron chi connectivity index (χ4n) is 1.39. The highest BCUT2D eigenvalue weighted by molar-refractivity contribution is 5.94. The second-order valence-corrected chi connectivity index (χ2v) is 3.95. The number of carboxylic acids is 1. The molecular weight excluding hydrogens is 250 g/mol. The average molecular weight is 265 g/mol. The highest BCUT2D eigenvalue weighted by Gasteiger charge is 2.13. The van der Waals surface area contributed by atoms with E-state index in [4.69, 9.17) is 10.8 Å². The van der Waals surface area contributed by atoms with Crippen molar-refractivity contribution < 1.29 is 19.5 Å². The lowest BCUT2D eigenvalue weighted by Gasteiger charge is -2.13. The Morgan fingerprint density at radius 2 is 1.95 bits per heavy atom. The number of hydrogen-bond donors (Lipinski definition) is 4. The highest BCUT2D eigenvalue weighted by atomic mass is 16.4. The molecule has 7 heteroatoms. The van der Waals surface area contributed by atoms with Gasteiger partial charge >= 0.3 is 12.0 Å². The minimum absolute atomic E-state index is 0.207. The molecule has 1 aromatic carbocycles. The van der Waals surface area contributed by atoms with Gasteiger partial charge in [0.05, 0.1) is 6.42 Å². The number of carbonyl (C=O) groups excluding carboxylic acids is 2. The number of hydrogen-bond acceptors (Lipinski definition) is 3. The molecule has 0 saturated heterocycles. The Labute approximate surface area is 109 Å².